The predicted molar refractivity (Wildman–Crippen MR) is 88.1 cm³/mol. The Morgan fingerprint density at radius 3 is 2.67 bits per heavy atom. The first-order valence-corrected chi connectivity index (χ1v) is 8.00. The summed E-state index contributed by atoms with van der Waals surface area (Å²) in [5.41, 5.74) is 1.57. The number of benzene rings is 1. The maximum Gasteiger partial charge on any atom is 0.326 e. The Bertz CT molecular complexity index is 802. The highest BCUT2D eigenvalue weighted by Gasteiger charge is 2.25. The molecule has 1 aromatic heterocycles. The molecule has 128 valence electrons. The third kappa shape index (κ3) is 3.27. The van der Waals surface area contributed by atoms with Gasteiger partial charge in [0.1, 0.15) is 0 Å². The molecule has 1 fully saturated rings. The molecule has 8 nitrogen and oxygen atoms in total. The molecule has 2 aromatic rings. The Kier molecular flexibility index (Phi) is 4.54. The number of H-pyrrole nitrogens is 1. The molecule has 2 heterocycles. The first-order valence-electron chi connectivity index (χ1n) is 8.00. The van der Waals surface area contributed by atoms with Crippen LogP contribution in [0.5, 0.6) is 0 Å². The lowest BCUT2D eigenvalue weighted by atomic mass is 10.0. The van der Waals surface area contributed by atoms with Crippen LogP contribution >= 0.6 is 0 Å². The van der Waals surface area contributed by atoms with Crippen molar-refractivity contribution in [3.63, 3.8) is 0 Å². The zero-order chi connectivity index (χ0) is 17.1. The Morgan fingerprint density at radius 2 is 1.96 bits per heavy atom. The molecule has 3 rings (SSSR count). The fourth-order valence-electron chi connectivity index (χ4n) is 3.15. The van der Waals surface area contributed by atoms with E-state index in [9.17, 15) is 14.4 Å². The molecule has 0 unspecified atom stereocenters. The number of amides is 2. The van der Waals surface area contributed by atoms with Gasteiger partial charge in [-0.1, -0.05) is 12.1 Å². The number of carboxylic acid groups (broad SMARTS) is 1. The zero-order valence-electron chi connectivity index (χ0n) is 13.2. The van der Waals surface area contributed by atoms with Crippen LogP contribution in [0, 0.1) is 0 Å². The van der Waals surface area contributed by atoms with E-state index >= 15 is 0 Å². The number of nitrogens with zero attached hydrogens (tertiary/aromatic N) is 2. The summed E-state index contributed by atoms with van der Waals surface area (Å²) >= 11 is 0. The number of carboxylic acids is 1. The van der Waals surface area contributed by atoms with Crippen LogP contribution in [0.3, 0.4) is 0 Å². The average molecular weight is 332 g/mol. The monoisotopic (exact) mass is 332 g/mol. The molecule has 8 heteroatoms. The van der Waals surface area contributed by atoms with Crippen LogP contribution < -0.4 is 11.0 Å². The topological polar surface area (TPSA) is 107 Å². The van der Waals surface area contributed by atoms with Gasteiger partial charge in [0.05, 0.1) is 17.5 Å². The van der Waals surface area contributed by atoms with Gasteiger partial charge in [-0.15, -0.1) is 0 Å². The number of imidazole rings is 1. The fraction of sp³-hybridized carbons (Fsp3) is 0.438. The number of likely N-dealkylation sites (tertiary alicyclic amines) is 1. The van der Waals surface area contributed by atoms with Crippen molar-refractivity contribution < 1.29 is 14.7 Å². The minimum absolute atomic E-state index is 0.0525. The van der Waals surface area contributed by atoms with Crippen molar-refractivity contribution in [2.75, 3.05) is 19.6 Å². The second-order valence-corrected chi connectivity index (χ2v) is 5.91. The lowest BCUT2D eigenvalue weighted by Crippen LogP contribution is -2.45. The molecule has 0 spiro atoms. The number of nitrogens with one attached hydrogen (secondary N) is 2. The minimum Gasteiger partial charge on any atom is -0.481 e. The van der Waals surface area contributed by atoms with E-state index in [0.717, 1.165) is 11.0 Å². The van der Waals surface area contributed by atoms with E-state index in [1.54, 1.807) is 9.47 Å². The lowest BCUT2D eigenvalue weighted by molar-refractivity contribution is -0.136. The summed E-state index contributed by atoms with van der Waals surface area (Å²) in [5.74, 6) is -0.937. The number of piperidine rings is 1. The normalized spacial score (nSPS) is 15.6. The van der Waals surface area contributed by atoms with Crippen molar-refractivity contribution in [2.45, 2.75) is 25.3 Å². The molecule has 1 aromatic carbocycles. The maximum absolute atomic E-state index is 12.2. The Labute approximate surface area is 138 Å². The van der Waals surface area contributed by atoms with E-state index in [2.05, 4.69) is 10.3 Å². The van der Waals surface area contributed by atoms with Gasteiger partial charge >= 0.3 is 17.7 Å². The second kappa shape index (κ2) is 6.77. The van der Waals surface area contributed by atoms with Crippen LogP contribution in [0.4, 0.5) is 4.79 Å². The number of urea groups is 1. The third-order valence-electron chi connectivity index (χ3n) is 4.36. The van der Waals surface area contributed by atoms with E-state index < -0.39 is 5.97 Å². The van der Waals surface area contributed by atoms with Gasteiger partial charge in [-0.2, -0.15) is 0 Å². The quantitative estimate of drug-likeness (QED) is 0.780. The Hall–Kier alpha value is -2.77. The van der Waals surface area contributed by atoms with Crippen LogP contribution in [0.2, 0.25) is 0 Å². The van der Waals surface area contributed by atoms with Crippen LogP contribution in [0.25, 0.3) is 11.0 Å². The number of rotatable bonds is 4. The number of hydrogen-bond acceptors (Lipinski definition) is 3. The molecule has 24 heavy (non-hydrogen) atoms. The number of aromatic nitrogens is 2. The van der Waals surface area contributed by atoms with Crippen molar-refractivity contribution in [3.8, 4) is 0 Å². The van der Waals surface area contributed by atoms with Crippen LogP contribution in [0.1, 0.15) is 25.3 Å². The van der Waals surface area contributed by atoms with Gasteiger partial charge in [-0.3, -0.25) is 9.36 Å². The van der Waals surface area contributed by atoms with Crippen molar-refractivity contribution in [1.29, 1.82) is 0 Å². The summed E-state index contributed by atoms with van der Waals surface area (Å²) in [4.78, 5) is 39.2. The summed E-state index contributed by atoms with van der Waals surface area (Å²) in [6.45, 7) is 1.20. The highest BCUT2D eigenvalue weighted by molar-refractivity contribution is 5.76. The van der Waals surface area contributed by atoms with E-state index in [4.69, 9.17) is 5.11 Å². The highest BCUT2D eigenvalue weighted by Crippen LogP contribution is 2.24. The smallest absolute Gasteiger partial charge is 0.326 e. The SMILES string of the molecule is O=C(O)CCNC(=O)N1CCC(n2c(=O)[nH]c3ccccc32)CC1. The summed E-state index contributed by atoms with van der Waals surface area (Å²) in [5, 5.41) is 11.2. The van der Waals surface area contributed by atoms with Crippen LogP contribution in [-0.2, 0) is 4.79 Å². The molecule has 0 bridgehead atoms. The number of aromatic amines is 1. The second-order valence-electron chi connectivity index (χ2n) is 5.91. The summed E-state index contributed by atoms with van der Waals surface area (Å²) in [7, 11) is 0. The van der Waals surface area contributed by atoms with Gasteiger partial charge in [0.15, 0.2) is 0 Å². The highest BCUT2D eigenvalue weighted by atomic mass is 16.4. The largest absolute Gasteiger partial charge is 0.481 e. The molecule has 1 aliphatic rings. The lowest BCUT2D eigenvalue weighted by Gasteiger charge is -2.32. The summed E-state index contributed by atoms with van der Waals surface area (Å²) in [6, 6.07) is 7.37. The third-order valence-corrected chi connectivity index (χ3v) is 4.36. The number of carbonyl (C=O) groups is 2. The molecule has 2 amide bonds. The van der Waals surface area contributed by atoms with Crippen molar-refractivity contribution >= 4 is 23.0 Å². The summed E-state index contributed by atoms with van der Waals surface area (Å²) in [6.07, 6.45) is 1.29. The van der Waals surface area contributed by atoms with Gasteiger partial charge in [-0.25, -0.2) is 9.59 Å². The van der Waals surface area contributed by atoms with Gasteiger partial charge < -0.3 is 20.3 Å². The van der Waals surface area contributed by atoms with E-state index in [0.29, 0.717) is 25.9 Å². The molecule has 0 atom stereocenters. The standard InChI is InChI=1S/C16H20N4O4/c21-14(22)5-8-17-15(23)19-9-6-11(7-10-19)20-13-4-2-1-3-12(13)18-16(20)24/h1-4,11H,5-10H2,(H,17,23)(H,18,24)(H,21,22). The summed E-state index contributed by atoms with van der Waals surface area (Å²) < 4.78 is 1.77. The minimum atomic E-state index is -0.937. The Balaban J connectivity index is 1.62. The van der Waals surface area contributed by atoms with Crippen molar-refractivity contribution in [2.24, 2.45) is 0 Å². The van der Waals surface area contributed by atoms with Crippen molar-refractivity contribution in [1.82, 2.24) is 19.8 Å². The van der Waals surface area contributed by atoms with E-state index in [-0.39, 0.29) is 30.7 Å². The predicted octanol–water partition coefficient (Wildman–Crippen LogP) is 1.15. The van der Waals surface area contributed by atoms with Crippen molar-refractivity contribution in [3.05, 3.63) is 34.7 Å². The van der Waals surface area contributed by atoms with Gasteiger partial charge in [0.25, 0.3) is 0 Å². The number of carbonyl (C=O) groups excluding carboxylic acids is 1. The average Bonchev–Trinajstić information content (AvgIpc) is 2.90. The molecule has 0 saturated carbocycles. The number of para-hydroxylation sites is 2. The molecule has 3 N–H and O–H groups in total. The van der Waals surface area contributed by atoms with Gasteiger partial charge in [0, 0.05) is 25.7 Å². The number of aliphatic carboxylic acids is 1. The zero-order valence-corrected chi connectivity index (χ0v) is 13.2. The number of hydrogen-bond donors (Lipinski definition) is 3. The fourth-order valence-corrected chi connectivity index (χ4v) is 3.15. The van der Waals surface area contributed by atoms with Crippen LogP contribution in [-0.4, -0.2) is 51.2 Å². The first kappa shape index (κ1) is 16.1. The first-order chi connectivity index (χ1) is 11.6. The van der Waals surface area contributed by atoms with E-state index in [1.807, 2.05) is 24.3 Å². The molecular weight excluding hydrogens is 312 g/mol. The van der Waals surface area contributed by atoms with Gasteiger partial charge in [-0.05, 0) is 25.0 Å². The molecule has 1 saturated heterocycles. The Morgan fingerprint density at radius 1 is 1.25 bits per heavy atom. The molecular formula is C16H20N4O4. The molecule has 0 radical (unpaired) electrons. The van der Waals surface area contributed by atoms with Gasteiger partial charge in [0.2, 0.25) is 0 Å². The van der Waals surface area contributed by atoms with Crippen LogP contribution in [0.15, 0.2) is 29.1 Å². The number of fused-ring (bicyclic) bond motifs is 1. The molecule has 0 aliphatic carbocycles. The maximum atomic E-state index is 12.2. The van der Waals surface area contributed by atoms with E-state index in [1.165, 1.54) is 0 Å². The molecule has 1 aliphatic heterocycles.